The van der Waals surface area contributed by atoms with Crippen molar-refractivity contribution < 1.29 is 0 Å². The molecule has 0 bridgehead atoms. The van der Waals surface area contributed by atoms with Gasteiger partial charge in [0.2, 0.25) is 0 Å². The molecule has 0 aliphatic carbocycles. The number of nitrogens with zero attached hydrogens (tertiary/aromatic N) is 2. The van der Waals surface area contributed by atoms with Crippen LogP contribution in [0, 0.1) is 13.8 Å². The Bertz CT molecular complexity index is 3640. The molecule has 7 aromatic carbocycles. The molecule has 10 rings (SSSR count). The van der Waals surface area contributed by atoms with Crippen LogP contribution in [0.2, 0.25) is 0 Å². The zero-order valence-electron chi connectivity index (χ0n) is 53.4. The molecule has 10 aromatic rings. The molecule has 3 aromatic heterocycles. The van der Waals surface area contributed by atoms with Gasteiger partial charge in [-0.3, -0.25) is 0 Å². The highest BCUT2D eigenvalue weighted by atomic mass is 32.1. The quantitative estimate of drug-likeness (QED) is 0.0376. The van der Waals surface area contributed by atoms with E-state index in [2.05, 4.69) is 187 Å². The normalized spacial score (nSPS) is 11.7. The number of hydrogen-bond acceptors (Lipinski definition) is 4. The first-order valence-electron chi connectivity index (χ1n) is 34.1. The number of aromatic nitrogens is 2. The molecule has 0 fully saturated rings. The van der Waals surface area contributed by atoms with Crippen molar-refractivity contribution in [3.63, 3.8) is 0 Å². The summed E-state index contributed by atoms with van der Waals surface area (Å²) in [6.07, 6.45) is 34.9. The number of hydrogen-bond donors (Lipinski definition) is 0. The molecule has 2 nitrogen and oxygen atoms in total. The van der Waals surface area contributed by atoms with Gasteiger partial charge in [-0.25, -0.2) is 9.97 Å². The van der Waals surface area contributed by atoms with Gasteiger partial charge in [-0.2, -0.15) is 0 Å². The largest absolute Gasteiger partial charge is 0.228 e. The zero-order chi connectivity index (χ0) is 59.5. The van der Waals surface area contributed by atoms with Gasteiger partial charge < -0.3 is 0 Å². The Morgan fingerprint density at radius 3 is 1.21 bits per heavy atom. The molecular formula is C82H98N2S2. The maximum atomic E-state index is 5.98. The van der Waals surface area contributed by atoms with Gasteiger partial charge in [-0.15, -0.1) is 22.7 Å². The first kappa shape index (κ1) is 62.8. The maximum Gasteiger partial charge on any atom is 0.160 e. The maximum absolute atomic E-state index is 5.98. The summed E-state index contributed by atoms with van der Waals surface area (Å²) in [5.41, 5.74) is 19.2. The highest BCUT2D eigenvalue weighted by molar-refractivity contribution is 7.29. The van der Waals surface area contributed by atoms with E-state index in [1.807, 2.05) is 22.7 Å². The Hall–Kier alpha value is -6.20. The third-order valence-corrected chi connectivity index (χ3v) is 20.6. The first-order valence-corrected chi connectivity index (χ1v) is 35.8. The van der Waals surface area contributed by atoms with Crippen LogP contribution < -0.4 is 0 Å². The minimum absolute atomic E-state index is 0.797. The van der Waals surface area contributed by atoms with E-state index in [0.717, 1.165) is 48.5 Å². The monoisotopic (exact) mass is 1170 g/mol. The summed E-state index contributed by atoms with van der Waals surface area (Å²) in [6, 6.07) is 56.3. The number of fused-ring (bicyclic) bond motifs is 3. The summed E-state index contributed by atoms with van der Waals surface area (Å²) >= 11 is 3.94. The fourth-order valence-electron chi connectivity index (χ4n) is 13.4. The van der Waals surface area contributed by atoms with Gasteiger partial charge in [0.15, 0.2) is 5.82 Å². The fourth-order valence-corrected chi connectivity index (χ4v) is 15.8. The van der Waals surface area contributed by atoms with Crippen LogP contribution in [0.1, 0.15) is 214 Å². The van der Waals surface area contributed by atoms with Crippen molar-refractivity contribution in [2.75, 3.05) is 0 Å². The lowest BCUT2D eigenvalue weighted by atomic mass is 9.88. The predicted molar refractivity (Wildman–Crippen MR) is 381 cm³/mol. The molecule has 86 heavy (non-hydrogen) atoms. The molecule has 3 heterocycles. The number of benzene rings is 7. The molecule has 0 amide bonds. The van der Waals surface area contributed by atoms with Crippen molar-refractivity contribution in [3.8, 4) is 66.6 Å². The van der Waals surface area contributed by atoms with Crippen molar-refractivity contribution in [1.29, 1.82) is 0 Å². The second-order valence-corrected chi connectivity index (χ2v) is 27.6. The number of aryl methyl sites for hydroxylation is 6. The molecule has 0 spiro atoms. The van der Waals surface area contributed by atoms with Gasteiger partial charge in [-0.05, 0) is 197 Å². The predicted octanol–water partition coefficient (Wildman–Crippen LogP) is 26.3. The Balaban J connectivity index is 1.21. The molecule has 0 N–H and O–H groups in total. The van der Waals surface area contributed by atoms with E-state index in [1.54, 1.807) is 0 Å². The van der Waals surface area contributed by atoms with Crippen molar-refractivity contribution in [2.24, 2.45) is 0 Å². The number of unbranched alkanes of at least 4 members (excludes halogenated alkanes) is 20. The van der Waals surface area contributed by atoms with Gasteiger partial charge in [-0.1, -0.05) is 247 Å². The van der Waals surface area contributed by atoms with Gasteiger partial charge in [0, 0.05) is 35.8 Å². The average Bonchev–Trinajstić information content (AvgIpc) is 1.43. The van der Waals surface area contributed by atoms with Crippen LogP contribution >= 0.6 is 22.7 Å². The zero-order valence-corrected chi connectivity index (χ0v) is 55.0. The lowest BCUT2D eigenvalue weighted by Crippen LogP contribution is -2.04. The van der Waals surface area contributed by atoms with Crippen LogP contribution in [-0.4, -0.2) is 9.97 Å². The van der Waals surface area contributed by atoms with Gasteiger partial charge in [0.25, 0.3) is 0 Å². The smallest absolute Gasteiger partial charge is 0.160 e. The van der Waals surface area contributed by atoms with Gasteiger partial charge in [0.05, 0.1) is 11.4 Å². The van der Waals surface area contributed by atoms with Crippen LogP contribution in [0.4, 0.5) is 0 Å². The van der Waals surface area contributed by atoms with Gasteiger partial charge >= 0.3 is 0 Å². The highest BCUT2D eigenvalue weighted by Gasteiger charge is 2.22. The summed E-state index contributed by atoms with van der Waals surface area (Å²) in [5, 5.41) is 4.99. The second kappa shape index (κ2) is 32.2. The fraction of sp³-hybridized carbons (Fsp3) is 0.415. The molecule has 0 unspecified atom stereocenters. The van der Waals surface area contributed by atoms with E-state index in [9.17, 15) is 0 Å². The van der Waals surface area contributed by atoms with Crippen LogP contribution in [0.3, 0.4) is 0 Å². The van der Waals surface area contributed by atoms with Crippen molar-refractivity contribution in [2.45, 2.75) is 221 Å². The van der Waals surface area contributed by atoms with E-state index in [1.165, 1.54) is 262 Å². The first-order chi connectivity index (χ1) is 42.3. The third-order valence-electron chi connectivity index (χ3n) is 18.4. The lowest BCUT2D eigenvalue weighted by molar-refractivity contribution is 0.605. The molecule has 0 radical (unpaired) electrons. The second-order valence-electron chi connectivity index (χ2n) is 25.2. The van der Waals surface area contributed by atoms with E-state index in [4.69, 9.17) is 9.97 Å². The summed E-state index contributed by atoms with van der Waals surface area (Å²) in [5.74, 6) is 0.797. The molecule has 4 heteroatoms. The summed E-state index contributed by atoms with van der Waals surface area (Å²) in [7, 11) is 0. The van der Waals surface area contributed by atoms with E-state index in [-0.39, 0.29) is 0 Å². The Kier molecular flexibility index (Phi) is 23.5. The van der Waals surface area contributed by atoms with Crippen molar-refractivity contribution >= 4 is 53.6 Å². The Morgan fingerprint density at radius 1 is 0.314 bits per heavy atom. The van der Waals surface area contributed by atoms with Crippen LogP contribution in [0.15, 0.2) is 146 Å². The standard InChI is InChI=1S/C82H98N2S2/c1-7-11-15-19-23-27-39-63-54-74(64(49-59(63)5)40-28-24-20-16-12-8-2)77-57-78(75-55-66(42-30-26-22-18-14-10-4)76(56-65(75)41-29-25-21-17-13-9-3)79-58-81-80(86-79)50-60(6)85-81)84-82(83-77)69-52-67(72-47-35-43-61-37-31-33-45-70(61)72)51-68(53-69)73-48-36-44-62-38-32-34-46-71(62)73/h31-38,43-58H,7-30,39-42H2,1-6H3. The van der Waals surface area contributed by atoms with Crippen molar-refractivity contribution in [3.05, 3.63) is 178 Å². The van der Waals surface area contributed by atoms with Gasteiger partial charge in [0.1, 0.15) is 0 Å². The summed E-state index contributed by atoms with van der Waals surface area (Å²) in [6.45, 7) is 13.9. The topological polar surface area (TPSA) is 25.8 Å². The third kappa shape index (κ3) is 16.3. The summed E-state index contributed by atoms with van der Waals surface area (Å²) < 4.78 is 2.83. The van der Waals surface area contributed by atoms with Crippen LogP contribution in [0.25, 0.3) is 97.5 Å². The number of thiophene rings is 2. The van der Waals surface area contributed by atoms with E-state index < -0.39 is 0 Å². The Labute approximate surface area is 526 Å². The number of rotatable bonds is 34. The molecular weight excluding hydrogens is 1080 g/mol. The van der Waals surface area contributed by atoms with Crippen molar-refractivity contribution in [1.82, 2.24) is 9.97 Å². The minimum Gasteiger partial charge on any atom is -0.228 e. The molecule has 0 aliphatic heterocycles. The summed E-state index contributed by atoms with van der Waals surface area (Å²) in [4.78, 5) is 14.7. The molecule has 448 valence electrons. The van der Waals surface area contributed by atoms with Crippen LogP contribution in [0.5, 0.6) is 0 Å². The molecule has 0 saturated heterocycles. The molecule has 0 atom stereocenters. The van der Waals surface area contributed by atoms with E-state index in [0.29, 0.717) is 0 Å². The van der Waals surface area contributed by atoms with E-state index >= 15 is 0 Å². The lowest BCUT2D eigenvalue weighted by Gasteiger charge is -2.20. The minimum atomic E-state index is 0.797. The average molecular weight is 1180 g/mol. The Morgan fingerprint density at radius 2 is 0.709 bits per heavy atom. The highest BCUT2D eigenvalue weighted by Crippen LogP contribution is 2.44. The molecule has 0 aliphatic rings. The molecule has 0 saturated carbocycles. The SMILES string of the molecule is CCCCCCCCc1cc(-c2cc(-c3cc(CCCCCCCC)c(-c4cc5sc(C)cc5s4)cc3CCCCCCCC)nc(-c3cc(-c4cccc5ccccc45)cc(-c4cccc5ccccc45)c3)n2)c(CCCCCCCC)cc1C. The van der Waals surface area contributed by atoms with Crippen LogP contribution in [-0.2, 0) is 25.7 Å².